The van der Waals surface area contributed by atoms with Gasteiger partial charge in [-0.3, -0.25) is 4.98 Å². The molecule has 0 radical (unpaired) electrons. The maximum atomic E-state index is 5.68. The Hall–Kier alpha value is -2.43. The Bertz CT molecular complexity index is 732. The zero-order chi connectivity index (χ0) is 13.9. The first-order valence-electron chi connectivity index (χ1n) is 6.78. The highest BCUT2D eigenvalue weighted by molar-refractivity contribution is 5.76. The molecule has 2 heterocycles. The highest BCUT2D eigenvalue weighted by Crippen LogP contribution is 2.18. The van der Waals surface area contributed by atoms with E-state index < -0.39 is 0 Å². The minimum atomic E-state index is 0.445. The molecule has 0 aliphatic heterocycles. The van der Waals surface area contributed by atoms with Crippen LogP contribution in [0.15, 0.2) is 36.7 Å². The monoisotopic (exact) mass is 267 g/mol. The molecule has 0 unspecified atom stereocenters. The number of fused-ring (bicyclic) bond motifs is 1. The summed E-state index contributed by atoms with van der Waals surface area (Å²) in [5.74, 6) is 1.45. The van der Waals surface area contributed by atoms with Gasteiger partial charge in [-0.25, -0.2) is 9.97 Å². The summed E-state index contributed by atoms with van der Waals surface area (Å²) >= 11 is 0. The van der Waals surface area contributed by atoms with Gasteiger partial charge in [-0.15, -0.1) is 0 Å². The first kappa shape index (κ1) is 12.6. The first-order valence-corrected chi connectivity index (χ1v) is 6.78. The number of aryl methyl sites for hydroxylation is 1. The lowest BCUT2D eigenvalue weighted by Crippen LogP contribution is -2.06. The minimum absolute atomic E-state index is 0.445. The van der Waals surface area contributed by atoms with E-state index in [-0.39, 0.29) is 0 Å². The number of hydrogen-bond donors (Lipinski definition) is 1. The van der Waals surface area contributed by atoms with Crippen molar-refractivity contribution in [2.75, 3.05) is 5.73 Å². The lowest BCUT2D eigenvalue weighted by atomic mass is 10.3. The van der Waals surface area contributed by atoms with Gasteiger partial charge in [-0.05, 0) is 18.6 Å². The van der Waals surface area contributed by atoms with E-state index in [1.54, 1.807) is 12.4 Å². The fourth-order valence-electron chi connectivity index (χ4n) is 2.40. The zero-order valence-electron chi connectivity index (χ0n) is 11.5. The molecule has 0 aliphatic rings. The molecule has 0 atom stereocenters. The van der Waals surface area contributed by atoms with Gasteiger partial charge in [0.25, 0.3) is 0 Å². The Kier molecular flexibility index (Phi) is 3.33. The SMILES string of the molecule is CCCn1c(Cc2cncc(N)n2)nc2ccccc21. The van der Waals surface area contributed by atoms with E-state index in [1.807, 2.05) is 18.2 Å². The highest BCUT2D eigenvalue weighted by Gasteiger charge is 2.11. The average Bonchev–Trinajstić information content (AvgIpc) is 2.77. The lowest BCUT2D eigenvalue weighted by molar-refractivity contribution is 0.661. The molecule has 3 rings (SSSR count). The van der Waals surface area contributed by atoms with Gasteiger partial charge < -0.3 is 10.3 Å². The third-order valence-corrected chi connectivity index (χ3v) is 3.22. The molecule has 0 amide bonds. The van der Waals surface area contributed by atoms with Gasteiger partial charge in [-0.2, -0.15) is 0 Å². The van der Waals surface area contributed by atoms with Crippen LogP contribution in [0.3, 0.4) is 0 Å². The predicted octanol–water partition coefficient (Wildman–Crippen LogP) is 2.41. The molecule has 5 nitrogen and oxygen atoms in total. The molecule has 1 aromatic carbocycles. The molecule has 0 saturated heterocycles. The number of rotatable bonds is 4. The largest absolute Gasteiger partial charge is 0.382 e. The van der Waals surface area contributed by atoms with E-state index >= 15 is 0 Å². The maximum Gasteiger partial charge on any atom is 0.142 e. The molecule has 3 aromatic rings. The molecule has 5 heteroatoms. The fourth-order valence-corrected chi connectivity index (χ4v) is 2.40. The number of imidazole rings is 1. The Labute approximate surface area is 117 Å². The summed E-state index contributed by atoms with van der Waals surface area (Å²) in [5.41, 5.74) is 8.72. The maximum absolute atomic E-state index is 5.68. The van der Waals surface area contributed by atoms with Crippen LogP contribution in [0.25, 0.3) is 11.0 Å². The number of benzene rings is 1. The number of hydrogen-bond acceptors (Lipinski definition) is 4. The van der Waals surface area contributed by atoms with Crippen molar-refractivity contribution in [1.82, 2.24) is 19.5 Å². The summed E-state index contributed by atoms with van der Waals surface area (Å²) in [6.45, 7) is 3.12. The molecule has 2 aromatic heterocycles. The number of nitrogen functional groups attached to an aromatic ring is 1. The number of nitrogens with two attached hydrogens (primary N) is 1. The quantitative estimate of drug-likeness (QED) is 0.788. The van der Waals surface area contributed by atoms with E-state index in [0.29, 0.717) is 12.2 Å². The molecule has 2 N–H and O–H groups in total. The third kappa shape index (κ3) is 2.34. The highest BCUT2D eigenvalue weighted by atomic mass is 15.1. The standard InChI is InChI=1S/C15H17N5/c1-2-7-20-13-6-4-3-5-12(13)19-15(20)8-11-9-17-10-14(16)18-11/h3-6,9-10H,2,7-8H2,1H3,(H2,16,18). The summed E-state index contributed by atoms with van der Waals surface area (Å²) in [6.07, 6.45) is 5.01. The van der Waals surface area contributed by atoms with Gasteiger partial charge in [0, 0.05) is 19.2 Å². The van der Waals surface area contributed by atoms with Crippen LogP contribution in [0.5, 0.6) is 0 Å². The van der Waals surface area contributed by atoms with Gasteiger partial charge >= 0.3 is 0 Å². The summed E-state index contributed by atoms with van der Waals surface area (Å²) in [4.78, 5) is 13.1. The van der Waals surface area contributed by atoms with Gasteiger partial charge in [0.2, 0.25) is 0 Å². The van der Waals surface area contributed by atoms with Crippen LogP contribution in [0, 0.1) is 0 Å². The number of para-hydroxylation sites is 2. The molecule has 102 valence electrons. The number of anilines is 1. The van der Waals surface area contributed by atoms with Crippen LogP contribution < -0.4 is 5.73 Å². The summed E-state index contributed by atoms with van der Waals surface area (Å²) < 4.78 is 2.25. The normalized spacial score (nSPS) is 11.1. The second-order valence-electron chi connectivity index (χ2n) is 4.78. The van der Waals surface area contributed by atoms with E-state index in [4.69, 9.17) is 10.7 Å². The molecule has 0 spiro atoms. The smallest absolute Gasteiger partial charge is 0.142 e. The van der Waals surface area contributed by atoms with Gasteiger partial charge in [0.15, 0.2) is 0 Å². The molecule has 0 aliphatic carbocycles. The summed E-state index contributed by atoms with van der Waals surface area (Å²) in [7, 11) is 0. The van der Waals surface area contributed by atoms with E-state index in [1.165, 1.54) is 5.52 Å². The van der Waals surface area contributed by atoms with Crippen LogP contribution in [0.1, 0.15) is 24.9 Å². The molecular formula is C15H17N5. The second kappa shape index (κ2) is 5.28. The number of aromatic nitrogens is 4. The topological polar surface area (TPSA) is 69.6 Å². The second-order valence-corrected chi connectivity index (χ2v) is 4.78. The average molecular weight is 267 g/mol. The van der Waals surface area contributed by atoms with Crippen molar-refractivity contribution in [3.05, 3.63) is 48.2 Å². The molecule has 20 heavy (non-hydrogen) atoms. The van der Waals surface area contributed by atoms with Crippen LogP contribution in [0.4, 0.5) is 5.82 Å². The molecule has 0 saturated carbocycles. The summed E-state index contributed by atoms with van der Waals surface area (Å²) in [6, 6.07) is 8.19. The van der Waals surface area contributed by atoms with Crippen LogP contribution in [0.2, 0.25) is 0 Å². The van der Waals surface area contributed by atoms with E-state index in [0.717, 1.165) is 30.0 Å². The van der Waals surface area contributed by atoms with Gasteiger partial charge in [0.1, 0.15) is 11.6 Å². The van der Waals surface area contributed by atoms with Crippen molar-refractivity contribution in [2.24, 2.45) is 0 Å². The lowest BCUT2D eigenvalue weighted by Gasteiger charge is -2.07. The molecular weight excluding hydrogens is 250 g/mol. The first-order chi connectivity index (χ1) is 9.78. The van der Waals surface area contributed by atoms with Crippen molar-refractivity contribution in [3.63, 3.8) is 0 Å². The van der Waals surface area contributed by atoms with Crippen molar-refractivity contribution < 1.29 is 0 Å². The molecule has 0 bridgehead atoms. The molecule has 0 fully saturated rings. The zero-order valence-corrected chi connectivity index (χ0v) is 11.5. The third-order valence-electron chi connectivity index (χ3n) is 3.22. The van der Waals surface area contributed by atoms with Gasteiger partial charge in [-0.1, -0.05) is 19.1 Å². The van der Waals surface area contributed by atoms with E-state index in [2.05, 4.69) is 27.5 Å². The minimum Gasteiger partial charge on any atom is -0.382 e. The van der Waals surface area contributed by atoms with Crippen molar-refractivity contribution in [2.45, 2.75) is 26.3 Å². The Balaban J connectivity index is 2.04. The van der Waals surface area contributed by atoms with Crippen molar-refractivity contribution in [1.29, 1.82) is 0 Å². The Morgan fingerprint density at radius 3 is 2.80 bits per heavy atom. The van der Waals surface area contributed by atoms with E-state index in [9.17, 15) is 0 Å². The summed E-state index contributed by atoms with van der Waals surface area (Å²) in [5, 5.41) is 0. The van der Waals surface area contributed by atoms with Crippen molar-refractivity contribution in [3.8, 4) is 0 Å². The van der Waals surface area contributed by atoms with Crippen LogP contribution in [-0.4, -0.2) is 19.5 Å². The Morgan fingerprint density at radius 2 is 2.00 bits per heavy atom. The Morgan fingerprint density at radius 1 is 1.15 bits per heavy atom. The van der Waals surface area contributed by atoms with Gasteiger partial charge in [0.05, 0.1) is 22.9 Å². The predicted molar refractivity (Wildman–Crippen MR) is 79.3 cm³/mol. The van der Waals surface area contributed by atoms with Crippen molar-refractivity contribution >= 4 is 16.9 Å². The van der Waals surface area contributed by atoms with Crippen LogP contribution >= 0.6 is 0 Å². The van der Waals surface area contributed by atoms with Crippen LogP contribution in [-0.2, 0) is 13.0 Å². The fraction of sp³-hybridized carbons (Fsp3) is 0.267. The number of nitrogens with zero attached hydrogens (tertiary/aromatic N) is 4.